The van der Waals surface area contributed by atoms with Gasteiger partial charge in [-0.1, -0.05) is 24.3 Å². The minimum absolute atomic E-state index is 0.173. The lowest BCUT2D eigenvalue weighted by molar-refractivity contribution is 0.0686. The predicted octanol–water partition coefficient (Wildman–Crippen LogP) is 3.67. The number of carboxylic acids is 2. The topological polar surface area (TPSA) is 118 Å². The SMILES string of the molecule is Cn1nnnc1-c1cc(-c2cccc(C(=O)O)c2)sc1-c1cccc(C(=O)O)c1. The number of carboxylic acid groups (broad SMARTS) is 2. The summed E-state index contributed by atoms with van der Waals surface area (Å²) in [5.41, 5.74) is 2.56. The molecule has 0 fully saturated rings. The highest BCUT2D eigenvalue weighted by Gasteiger charge is 2.19. The molecule has 0 bridgehead atoms. The molecule has 0 aliphatic carbocycles. The summed E-state index contributed by atoms with van der Waals surface area (Å²) < 4.78 is 1.53. The number of aryl methyl sites for hydroxylation is 1. The smallest absolute Gasteiger partial charge is 0.335 e. The molecule has 0 aliphatic rings. The molecule has 0 saturated heterocycles. The lowest BCUT2D eigenvalue weighted by Crippen LogP contribution is -1.97. The van der Waals surface area contributed by atoms with Crippen molar-refractivity contribution in [3.05, 3.63) is 65.7 Å². The van der Waals surface area contributed by atoms with Crippen LogP contribution in [0.4, 0.5) is 0 Å². The molecule has 2 aromatic carbocycles. The highest BCUT2D eigenvalue weighted by molar-refractivity contribution is 7.19. The maximum absolute atomic E-state index is 11.4. The molecule has 0 spiro atoms. The lowest BCUT2D eigenvalue weighted by atomic mass is 10.0. The highest BCUT2D eigenvalue weighted by Crippen LogP contribution is 2.42. The molecule has 9 heteroatoms. The number of tetrazole rings is 1. The van der Waals surface area contributed by atoms with Crippen molar-refractivity contribution in [3.8, 4) is 32.3 Å². The van der Waals surface area contributed by atoms with E-state index in [4.69, 9.17) is 0 Å². The van der Waals surface area contributed by atoms with E-state index in [-0.39, 0.29) is 11.1 Å². The van der Waals surface area contributed by atoms with E-state index in [0.717, 1.165) is 20.9 Å². The summed E-state index contributed by atoms with van der Waals surface area (Å²) in [7, 11) is 1.72. The molecule has 2 aromatic heterocycles. The number of aromatic carboxylic acids is 2. The summed E-state index contributed by atoms with van der Waals surface area (Å²) >= 11 is 1.42. The Morgan fingerprint density at radius 3 is 2.14 bits per heavy atom. The second-order valence-corrected chi connectivity index (χ2v) is 7.30. The van der Waals surface area contributed by atoms with Crippen LogP contribution in [0, 0.1) is 0 Å². The van der Waals surface area contributed by atoms with E-state index in [1.54, 1.807) is 31.3 Å². The summed E-state index contributed by atoms with van der Waals surface area (Å²) in [4.78, 5) is 24.3. The number of benzene rings is 2. The van der Waals surface area contributed by atoms with Gasteiger partial charge in [0.1, 0.15) is 0 Å². The van der Waals surface area contributed by atoms with Crippen LogP contribution in [0.15, 0.2) is 54.6 Å². The van der Waals surface area contributed by atoms with E-state index in [0.29, 0.717) is 11.4 Å². The molecule has 4 rings (SSSR count). The van der Waals surface area contributed by atoms with Gasteiger partial charge in [0.15, 0.2) is 5.82 Å². The van der Waals surface area contributed by atoms with E-state index >= 15 is 0 Å². The number of aromatic nitrogens is 4. The van der Waals surface area contributed by atoms with Gasteiger partial charge in [-0.05, 0) is 51.9 Å². The third-order valence-corrected chi connectivity index (χ3v) is 5.59. The molecule has 2 N–H and O–H groups in total. The molecule has 0 unspecified atom stereocenters. The van der Waals surface area contributed by atoms with Gasteiger partial charge < -0.3 is 10.2 Å². The van der Waals surface area contributed by atoms with Gasteiger partial charge in [0.25, 0.3) is 0 Å². The van der Waals surface area contributed by atoms with E-state index in [1.165, 1.54) is 28.2 Å². The first-order valence-electron chi connectivity index (χ1n) is 8.48. The quantitative estimate of drug-likeness (QED) is 0.519. The lowest BCUT2D eigenvalue weighted by Gasteiger charge is -2.04. The Hall–Kier alpha value is -3.85. The largest absolute Gasteiger partial charge is 0.478 e. The van der Waals surface area contributed by atoms with Crippen LogP contribution in [0.1, 0.15) is 20.7 Å². The van der Waals surface area contributed by atoms with Crippen LogP contribution < -0.4 is 0 Å². The van der Waals surface area contributed by atoms with Crippen LogP contribution in [-0.4, -0.2) is 42.4 Å². The summed E-state index contributed by atoms with van der Waals surface area (Å²) in [5.74, 6) is -1.49. The number of hydrogen-bond acceptors (Lipinski definition) is 6. The van der Waals surface area contributed by atoms with Crippen molar-refractivity contribution >= 4 is 23.3 Å². The van der Waals surface area contributed by atoms with Crippen molar-refractivity contribution in [2.75, 3.05) is 0 Å². The number of carbonyl (C=O) groups is 2. The molecular formula is C20H14N4O4S. The predicted molar refractivity (Wildman–Crippen MR) is 107 cm³/mol. The van der Waals surface area contributed by atoms with Gasteiger partial charge in [0, 0.05) is 22.4 Å². The van der Waals surface area contributed by atoms with Crippen molar-refractivity contribution in [2.45, 2.75) is 0 Å². The van der Waals surface area contributed by atoms with Crippen LogP contribution in [-0.2, 0) is 7.05 Å². The molecule has 29 heavy (non-hydrogen) atoms. The van der Waals surface area contributed by atoms with Crippen LogP contribution in [0.25, 0.3) is 32.3 Å². The van der Waals surface area contributed by atoms with Gasteiger partial charge in [-0.25, -0.2) is 14.3 Å². The summed E-state index contributed by atoms with van der Waals surface area (Å²) in [6.45, 7) is 0. The van der Waals surface area contributed by atoms with E-state index in [2.05, 4.69) is 15.5 Å². The zero-order valence-electron chi connectivity index (χ0n) is 15.1. The minimum atomic E-state index is -1.01. The Balaban J connectivity index is 1.92. The Kier molecular flexibility index (Phi) is 4.65. The summed E-state index contributed by atoms with van der Waals surface area (Å²) in [6, 6.07) is 15.2. The molecule has 0 amide bonds. The number of thiophene rings is 1. The van der Waals surface area contributed by atoms with Crippen LogP contribution in [0.3, 0.4) is 0 Å². The normalized spacial score (nSPS) is 10.8. The standard InChI is InChI=1S/C20H14N4O4S/c1-24-18(21-22-23-24)15-10-16(11-4-2-6-13(8-11)19(25)26)29-17(15)12-5-3-7-14(9-12)20(27)28/h2-10H,1H3,(H,25,26)(H,27,28). The molecule has 0 radical (unpaired) electrons. The number of hydrogen-bond donors (Lipinski definition) is 2. The van der Waals surface area contributed by atoms with Crippen molar-refractivity contribution in [3.63, 3.8) is 0 Å². The average Bonchev–Trinajstić information content (AvgIpc) is 3.34. The average molecular weight is 406 g/mol. The second-order valence-electron chi connectivity index (χ2n) is 6.25. The first-order valence-corrected chi connectivity index (χ1v) is 9.29. The Bertz CT molecular complexity index is 1240. The number of nitrogens with zero attached hydrogens (tertiary/aromatic N) is 4. The molecule has 2 heterocycles. The van der Waals surface area contributed by atoms with Crippen LogP contribution in [0.5, 0.6) is 0 Å². The van der Waals surface area contributed by atoms with Gasteiger partial charge in [0.2, 0.25) is 0 Å². The Morgan fingerprint density at radius 2 is 1.55 bits per heavy atom. The fourth-order valence-electron chi connectivity index (χ4n) is 2.97. The van der Waals surface area contributed by atoms with Gasteiger partial charge >= 0.3 is 11.9 Å². The fraction of sp³-hybridized carbons (Fsp3) is 0.0500. The molecular weight excluding hydrogens is 392 g/mol. The first-order chi connectivity index (χ1) is 13.9. The molecule has 144 valence electrons. The highest BCUT2D eigenvalue weighted by atomic mass is 32.1. The minimum Gasteiger partial charge on any atom is -0.478 e. The Labute approximate surface area is 168 Å². The maximum Gasteiger partial charge on any atom is 0.335 e. The summed E-state index contributed by atoms with van der Waals surface area (Å²) in [6.07, 6.45) is 0. The van der Waals surface area contributed by atoms with Crippen LogP contribution in [0.2, 0.25) is 0 Å². The van der Waals surface area contributed by atoms with Crippen molar-refractivity contribution in [1.29, 1.82) is 0 Å². The van der Waals surface area contributed by atoms with E-state index in [9.17, 15) is 19.8 Å². The third kappa shape index (κ3) is 3.50. The van der Waals surface area contributed by atoms with Crippen molar-refractivity contribution < 1.29 is 19.8 Å². The van der Waals surface area contributed by atoms with Gasteiger partial charge in [-0.3, -0.25) is 0 Å². The molecule has 0 aliphatic heterocycles. The van der Waals surface area contributed by atoms with Crippen molar-refractivity contribution in [1.82, 2.24) is 20.2 Å². The first kappa shape index (κ1) is 18.5. The maximum atomic E-state index is 11.4. The number of rotatable bonds is 5. The molecule has 4 aromatic rings. The fourth-order valence-corrected chi connectivity index (χ4v) is 4.12. The second kappa shape index (κ2) is 7.28. The van der Waals surface area contributed by atoms with Crippen LogP contribution >= 0.6 is 11.3 Å². The van der Waals surface area contributed by atoms with E-state index in [1.807, 2.05) is 18.2 Å². The Morgan fingerprint density at radius 1 is 0.931 bits per heavy atom. The molecule has 8 nitrogen and oxygen atoms in total. The van der Waals surface area contributed by atoms with Crippen molar-refractivity contribution in [2.24, 2.45) is 7.05 Å². The van der Waals surface area contributed by atoms with Gasteiger partial charge in [-0.2, -0.15) is 0 Å². The third-order valence-electron chi connectivity index (χ3n) is 4.36. The zero-order chi connectivity index (χ0) is 20.5. The summed E-state index contributed by atoms with van der Waals surface area (Å²) in [5, 5.41) is 30.3. The molecule has 0 saturated carbocycles. The molecule has 0 atom stereocenters. The monoisotopic (exact) mass is 406 g/mol. The van der Waals surface area contributed by atoms with E-state index < -0.39 is 11.9 Å². The van der Waals surface area contributed by atoms with Gasteiger partial charge in [0.05, 0.1) is 11.1 Å². The van der Waals surface area contributed by atoms with Gasteiger partial charge in [-0.15, -0.1) is 16.4 Å². The zero-order valence-corrected chi connectivity index (χ0v) is 15.9.